The molecule has 0 aliphatic heterocycles. The molecule has 0 fully saturated rings. The molecule has 3 nitrogen and oxygen atoms in total. The summed E-state index contributed by atoms with van der Waals surface area (Å²) in [5, 5.41) is 0. The molecule has 1 aromatic heterocycles. The predicted molar refractivity (Wildman–Crippen MR) is 98.8 cm³/mol. The van der Waals surface area contributed by atoms with Gasteiger partial charge >= 0.3 is 0 Å². The number of halogens is 1. The molecule has 4 heteroatoms. The second-order valence-corrected chi connectivity index (χ2v) is 5.99. The largest absolute Gasteiger partial charge is 0.497 e. The van der Waals surface area contributed by atoms with Crippen molar-refractivity contribution in [1.29, 1.82) is 0 Å². The van der Waals surface area contributed by atoms with E-state index in [9.17, 15) is 0 Å². The van der Waals surface area contributed by atoms with Crippen LogP contribution in [0, 0.1) is 3.70 Å². The number of ether oxygens (including phenoxy) is 1. The zero-order chi connectivity index (χ0) is 15.5. The molecule has 0 unspecified atom stereocenters. The molecule has 2 aromatic carbocycles. The van der Waals surface area contributed by atoms with Crippen LogP contribution >= 0.6 is 22.6 Å². The Bertz CT molecular complexity index is 783. The summed E-state index contributed by atoms with van der Waals surface area (Å²) in [5.41, 5.74) is 10.7. The zero-order valence-electron chi connectivity index (χ0n) is 12.1. The lowest BCUT2D eigenvalue weighted by atomic mass is 9.99. The van der Waals surface area contributed by atoms with Gasteiger partial charge in [-0.25, -0.2) is 4.98 Å². The maximum atomic E-state index is 5.78. The van der Waals surface area contributed by atoms with Crippen LogP contribution in [0.4, 0.5) is 5.69 Å². The number of aromatic nitrogens is 1. The van der Waals surface area contributed by atoms with Gasteiger partial charge < -0.3 is 10.5 Å². The van der Waals surface area contributed by atoms with Crippen LogP contribution in [0.2, 0.25) is 0 Å². The number of benzene rings is 2. The van der Waals surface area contributed by atoms with Crippen molar-refractivity contribution in [1.82, 2.24) is 4.98 Å². The fourth-order valence-corrected chi connectivity index (χ4v) is 2.72. The molecule has 0 aliphatic carbocycles. The molecule has 2 N–H and O–H groups in total. The van der Waals surface area contributed by atoms with Crippen LogP contribution in [0.1, 0.15) is 0 Å². The first-order valence-corrected chi connectivity index (χ1v) is 7.92. The number of hydrogen-bond acceptors (Lipinski definition) is 3. The van der Waals surface area contributed by atoms with Gasteiger partial charge in [0, 0.05) is 16.8 Å². The summed E-state index contributed by atoms with van der Waals surface area (Å²) in [5.74, 6) is 0.836. The first kappa shape index (κ1) is 14.8. The van der Waals surface area contributed by atoms with Gasteiger partial charge in [-0.15, -0.1) is 0 Å². The molecule has 0 spiro atoms. The first-order chi connectivity index (χ1) is 10.7. The van der Waals surface area contributed by atoms with E-state index in [2.05, 4.69) is 28.7 Å². The molecule has 110 valence electrons. The molecule has 1 heterocycles. The maximum Gasteiger partial charge on any atom is 0.118 e. The smallest absolute Gasteiger partial charge is 0.118 e. The van der Waals surface area contributed by atoms with Gasteiger partial charge in [0.1, 0.15) is 9.45 Å². The zero-order valence-corrected chi connectivity index (χ0v) is 14.2. The van der Waals surface area contributed by atoms with Gasteiger partial charge in [0.25, 0.3) is 0 Å². The third kappa shape index (κ3) is 3.06. The second kappa shape index (κ2) is 6.36. The molecule has 3 rings (SSSR count). The van der Waals surface area contributed by atoms with E-state index in [1.807, 2.05) is 54.6 Å². The molecule has 0 saturated heterocycles. The quantitative estimate of drug-likeness (QED) is 0.396. The van der Waals surface area contributed by atoms with Gasteiger partial charge in [0.2, 0.25) is 0 Å². The minimum atomic E-state index is 0.758. The van der Waals surface area contributed by atoms with Crippen molar-refractivity contribution in [2.24, 2.45) is 0 Å². The summed E-state index contributed by atoms with van der Waals surface area (Å²) in [6.07, 6.45) is 0. The molecule has 0 aliphatic rings. The average Bonchev–Trinajstić information content (AvgIpc) is 2.56. The maximum absolute atomic E-state index is 5.78. The van der Waals surface area contributed by atoms with Crippen LogP contribution < -0.4 is 10.5 Å². The molecule has 0 bridgehead atoms. The van der Waals surface area contributed by atoms with Gasteiger partial charge in [0.15, 0.2) is 0 Å². The van der Waals surface area contributed by atoms with E-state index in [-0.39, 0.29) is 0 Å². The van der Waals surface area contributed by atoms with Gasteiger partial charge in [-0.3, -0.25) is 0 Å². The molecular weight excluding hydrogens is 387 g/mol. The van der Waals surface area contributed by atoms with Crippen LogP contribution in [0.15, 0.2) is 60.7 Å². The summed E-state index contributed by atoms with van der Waals surface area (Å²) in [4.78, 5) is 4.71. The van der Waals surface area contributed by atoms with Crippen LogP contribution in [-0.4, -0.2) is 12.1 Å². The van der Waals surface area contributed by atoms with E-state index in [1.54, 1.807) is 7.11 Å². The minimum absolute atomic E-state index is 0.758. The monoisotopic (exact) mass is 402 g/mol. The van der Waals surface area contributed by atoms with Crippen LogP contribution in [0.3, 0.4) is 0 Å². The highest BCUT2D eigenvalue weighted by molar-refractivity contribution is 14.1. The number of nitrogens with zero attached hydrogens (tertiary/aromatic N) is 1. The van der Waals surface area contributed by atoms with E-state index in [4.69, 9.17) is 15.5 Å². The second-order valence-electron chi connectivity index (χ2n) is 4.88. The fourth-order valence-electron chi connectivity index (χ4n) is 2.30. The third-order valence-corrected chi connectivity index (χ3v) is 4.05. The molecular formula is C18H15IN2O. The predicted octanol–water partition coefficient (Wildman–Crippen LogP) is 4.61. The SMILES string of the molecule is COc1ccc(-c2nc(I)ccc2-c2ccc(N)cc2)cc1. The Morgan fingerprint density at radius 1 is 0.864 bits per heavy atom. The number of rotatable bonds is 3. The molecule has 0 saturated carbocycles. The van der Waals surface area contributed by atoms with Gasteiger partial charge in [0.05, 0.1) is 12.8 Å². The first-order valence-electron chi connectivity index (χ1n) is 6.84. The van der Waals surface area contributed by atoms with Crippen molar-refractivity contribution < 1.29 is 4.74 Å². The normalized spacial score (nSPS) is 10.5. The molecule has 22 heavy (non-hydrogen) atoms. The standard InChI is InChI=1S/C18H15IN2O/c1-22-15-8-4-13(5-9-15)18-16(10-11-17(19)21-18)12-2-6-14(20)7-3-12/h2-11H,20H2,1H3. The Morgan fingerprint density at radius 2 is 1.50 bits per heavy atom. The van der Waals surface area contributed by atoms with E-state index < -0.39 is 0 Å². The summed E-state index contributed by atoms with van der Waals surface area (Å²) in [6.45, 7) is 0. The van der Waals surface area contributed by atoms with Crippen molar-refractivity contribution in [3.63, 3.8) is 0 Å². The summed E-state index contributed by atoms with van der Waals surface area (Å²) < 4.78 is 6.18. The van der Waals surface area contributed by atoms with Crippen LogP contribution in [0.5, 0.6) is 5.75 Å². The van der Waals surface area contributed by atoms with Crippen molar-refractivity contribution in [3.05, 3.63) is 64.4 Å². The van der Waals surface area contributed by atoms with Crippen LogP contribution in [-0.2, 0) is 0 Å². The number of methoxy groups -OCH3 is 1. The van der Waals surface area contributed by atoms with E-state index >= 15 is 0 Å². The van der Waals surface area contributed by atoms with E-state index in [0.717, 1.165) is 37.5 Å². The Labute approximate surface area is 143 Å². The highest BCUT2D eigenvalue weighted by atomic mass is 127. The number of hydrogen-bond donors (Lipinski definition) is 1. The van der Waals surface area contributed by atoms with Crippen molar-refractivity contribution in [3.8, 4) is 28.1 Å². The Morgan fingerprint density at radius 3 is 2.14 bits per heavy atom. The fraction of sp³-hybridized carbons (Fsp3) is 0.0556. The molecule has 0 radical (unpaired) electrons. The third-order valence-electron chi connectivity index (χ3n) is 3.45. The Hall–Kier alpha value is -2.08. The Balaban J connectivity index is 2.13. The van der Waals surface area contributed by atoms with Gasteiger partial charge in [-0.05, 0) is 76.7 Å². The summed E-state index contributed by atoms with van der Waals surface area (Å²) in [7, 11) is 1.67. The van der Waals surface area contributed by atoms with Crippen molar-refractivity contribution in [2.45, 2.75) is 0 Å². The summed E-state index contributed by atoms with van der Waals surface area (Å²) >= 11 is 2.23. The minimum Gasteiger partial charge on any atom is -0.497 e. The van der Waals surface area contributed by atoms with E-state index in [1.165, 1.54) is 0 Å². The van der Waals surface area contributed by atoms with Crippen molar-refractivity contribution >= 4 is 28.3 Å². The van der Waals surface area contributed by atoms with E-state index in [0.29, 0.717) is 0 Å². The number of anilines is 1. The number of pyridine rings is 1. The van der Waals surface area contributed by atoms with Crippen LogP contribution in [0.25, 0.3) is 22.4 Å². The van der Waals surface area contributed by atoms with Gasteiger partial charge in [-0.1, -0.05) is 12.1 Å². The number of nitrogens with two attached hydrogens (primary N) is 1. The molecule has 3 aromatic rings. The highest BCUT2D eigenvalue weighted by Gasteiger charge is 2.10. The lowest BCUT2D eigenvalue weighted by Crippen LogP contribution is -1.93. The lowest BCUT2D eigenvalue weighted by Gasteiger charge is -2.11. The molecule has 0 amide bonds. The average molecular weight is 402 g/mol. The summed E-state index contributed by atoms with van der Waals surface area (Å²) in [6, 6.07) is 19.9. The Kier molecular flexibility index (Phi) is 4.29. The van der Waals surface area contributed by atoms with Crippen molar-refractivity contribution in [2.75, 3.05) is 12.8 Å². The highest BCUT2D eigenvalue weighted by Crippen LogP contribution is 2.32. The number of nitrogen functional groups attached to an aromatic ring is 1. The lowest BCUT2D eigenvalue weighted by molar-refractivity contribution is 0.415. The topological polar surface area (TPSA) is 48.1 Å². The van der Waals surface area contributed by atoms with Gasteiger partial charge in [-0.2, -0.15) is 0 Å². The molecule has 0 atom stereocenters.